The zero-order valence-electron chi connectivity index (χ0n) is 15.7. The molecule has 0 saturated carbocycles. The molecule has 1 rings (SSSR count). The average Bonchev–Trinajstić information content (AvgIpc) is 2.68. The molecular formula is C19H30O6. The largest absolute Gasteiger partial charge is 0.462 e. The molecule has 0 aromatic heterocycles. The quantitative estimate of drug-likeness (QED) is 0.379. The van der Waals surface area contributed by atoms with Gasteiger partial charge in [-0.2, -0.15) is 0 Å². The first-order chi connectivity index (χ1) is 11.8. The predicted molar refractivity (Wildman–Crippen MR) is 92.9 cm³/mol. The Hall–Kier alpha value is -1.69. The standard InChI is InChI=1S/C19H30O6/c1-14(12-20)6-5-10-19(4)18(25-16(3)22)8-7-17(13-24-19)9-11-23-15(2)21/h9,12,14,18H,5-8,10-11,13H2,1-4H3/b17-9+/t14?,18-,19+/m1/s1. The summed E-state index contributed by atoms with van der Waals surface area (Å²) < 4.78 is 16.6. The van der Waals surface area contributed by atoms with Gasteiger partial charge in [-0.05, 0) is 50.7 Å². The normalized spacial score (nSPS) is 26.6. The van der Waals surface area contributed by atoms with Crippen LogP contribution in [0, 0.1) is 5.92 Å². The molecule has 1 fully saturated rings. The molecule has 0 radical (unpaired) electrons. The van der Waals surface area contributed by atoms with E-state index >= 15 is 0 Å². The second-order valence-electron chi connectivity index (χ2n) is 6.91. The molecule has 0 aromatic rings. The van der Waals surface area contributed by atoms with Crippen LogP contribution >= 0.6 is 0 Å². The Morgan fingerprint density at radius 1 is 1.36 bits per heavy atom. The molecule has 142 valence electrons. The first-order valence-corrected chi connectivity index (χ1v) is 8.84. The van der Waals surface area contributed by atoms with Crippen LogP contribution in [-0.2, 0) is 28.6 Å². The maximum Gasteiger partial charge on any atom is 0.303 e. The maximum atomic E-state index is 11.5. The lowest BCUT2D eigenvalue weighted by atomic mass is 9.88. The second-order valence-corrected chi connectivity index (χ2v) is 6.91. The first-order valence-electron chi connectivity index (χ1n) is 8.84. The lowest BCUT2D eigenvalue weighted by molar-refractivity contribution is -0.167. The van der Waals surface area contributed by atoms with E-state index < -0.39 is 5.60 Å². The number of hydrogen-bond donors (Lipinski definition) is 0. The van der Waals surface area contributed by atoms with Crippen LogP contribution in [0.3, 0.4) is 0 Å². The van der Waals surface area contributed by atoms with E-state index in [-0.39, 0.29) is 30.6 Å². The third-order valence-corrected chi connectivity index (χ3v) is 4.53. The molecule has 1 aliphatic rings. The van der Waals surface area contributed by atoms with E-state index in [2.05, 4.69) is 0 Å². The minimum Gasteiger partial charge on any atom is -0.462 e. The van der Waals surface area contributed by atoms with Crippen molar-refractivity contribution in [1.82, 2.24) is 0 Å². The summed E-state index contributed by atoms with van der Waals surface area (Å²) in [5.41, 5.74) is 0.439. The highest BCUT2D eigenvalue weighted by atomic mass is 16.6. The smallest absolute Gasteiger partial charge is 0.303 e. The number of ether oxygens (including phenoxy) is 3. The molecule has 6 nitrogen and oxygen atoms in total. The lowest BCUT2D eigenvalue weighted by Crippen LogP contribution is -2.43. The zero-order valence-corrected chi connectivity index (χ0v) is 15.7. The molecule has 0 amide bonds. The predicted octanol–water partition coefficient (Wildman–Crippen LogP) is 2.98. The van der Waals surface area contributed by atoms with E-state index in [1.165, 1.54) is 13.8 Å². The summed E-state index contributed by atoms with van der Waals surface area (Å²) in [5.74, 6) is -0.632. The molecule has 0 spiro atoms. The van der Waals surface area contributed by atoms with Crippen LogP contribution in [0.2, 0.25) is 0 Å². The summed E-state index contributed by atoms with van der Waals surface area (Å²) in [6.07, 6.45) is 6.16. The lowest BCUT2D eigenvalue weighted by Gasteiger charge is -2.35. The number of rotatable bonds is 8. The van der Waals surface area contributed by atoms with Gasteiger partial charge in [0.25, 0.3) is 0 Å². The molecule has 6 heteroatoms. The molecule has 0 bridgehead atoms. The highest BCUT2D eigenvalue weighted by molar-refractivity contribution is 5.66. The Morgan fingerprint density at radius 3 is 2.68 bits per heavy atom. The van der Waals surface area contributed by atoms with Crippen LogP contribution in [-0.4, -0.2) is 43.1 Å². The maximum absolute atomic E-state index is 11.5. The molecular weight excluding hydrogens is 324 g/mol. The van der Waals surface area contributed by atoms with Crippen molar-refractivity contribution in [2.24, 2.45) is 5.92 Å². The average molecular weight is 354 g/mol. The fraction of sp³-hybridized carbons (Fsp3) is 0.737. The number of carbonyl (C=O) groups is 3. The number of carbonyl (C=O) groups excluding carboxylic acids is 3. The number of hydrogen-bond acceptors (Lipinski definition) is 6. The Morgan fingerprint density at radius 2 is 2.08 bits per heavy atom. The minimum absolute atomic E-state index is 0.0146. The SMILES string of the molecule is CC(=O)OC/C=C1\CC[C@@H](OC(C)=O)[C@](C)(CCCC(C)C=O)OC1. The van der Waals surface area contributed by atoms with Crippen LogP contribution in [0.4, 0.5) is 0 Å². The van der Waals surface area contributed by atoms with Crippen LogP contribution in [0.25, 0.3) is 0 Å². The summed E-state index contributed by atoms with van der Waals surface area (Å²) in [6.45, 7) is 7.26. The molecule has 3 atom stereocenters. The monoisotopic (exact) mass is 354 g/mol. The van der Waals surface area contributed by atoms with Gasteiger partial charge in [0.05, 0.1) is 6.61 Å². The Bertz CT molecular complexity index is 498. The van der Waals surface area contributed by atoms with Gasteiger partial charge in [-0.25, -0.2) is 0 Å². The van der Waals surface area contributed by atoms with Crippen LogP contribution in [0.15, 0.2) is 11.6 Å². The van der Waals surface area contributed by atoms with Gasteiger partial charge in [-0.3, -0.25) is 9.59 Å². The highest BCUT2D eigenvalue weighted by Crippen LogP contribution is 2.33. The van der Waals surface area contributed by atoms with E-state index in [0.29, 0.717) is 19.4 Å². The fourth-order valence-electron chi connectivity index (χ4n) is 2.94. The fourth-order valence-corrected chi connectivity index (χ4v) is 2.94. The summed E-state index contributed by atoms with van der Waals surface area (Å²) >= 11 is 0. The minimum atomic E-state index is -0.592. The summed E-state index contributed by atoms with van der Waals surface area (Å²) in [6, 6.07) is 0. The molecule has 1 aliphatic heterocycles. The first kappa shape index (κ1) is 21.4. The van der Waals surface area contributed by atoms with Gasteiger partial charge in [-0.15, -0.1) is 0 Å². The van der Waals surface area contributed by atoms with Crippen LogP contribution in [0.5, 0.6) is 0 Å². The molecule has 1 heterocycles. The van der Waals surface area contributed by atoms with E-state index in [9.17, 15) is 14.4 Å². The van der Waals surface area contributed by atoms with Crippen molar-refractivity contribution in [2.75, 3.05) is 13.2 Å². The Balaban J connectivity index is 2.75. The Labute approximate surface area is 149 Å². The number of aldehydes is 1. The van der Waals surface area contributed by atoms with E-state index in [1.807, 2.05) is 19.9 Å². The molecule has 0 aromatic carbocycles. The van der Waals surface area contributed by atoms with Crippen molar-refractivity contribution in [3.63, 3.8) is 0 Å². The van der Waals surface area contributed by atoms with Crippen molar-refractivity contribution in [3.05, 3.63) is 11.6 Å². The van der Waals surface area contributed by atoms with Crippen molar-refractivity contribution in [3.8, 4) is 0 Å². The van der Waals surface area contributed by atoms with Crippen LogP contribution < -0.4 is 0 Å². The van der Waals surface area contributed by atoms with E-state index in [4.69, 9.17) is 14.2 Å². The molecule has 0 aliphatic carbocycles. The summed E-state index contributed by atoms with van der Waals surface area (Å²) in [4.78, 5) is 33.1. The van der Waals surface area contributed by atoms with Gasteiger partial charge >= 0.3 is 11.9 Å². The topological polar surface area (TPSA) is 78.9 Å². The molecule has 1 unspecified atom stereocenters. The number of esters is 2. The highest BCUT2D eigenvalue weighted by Gasteiger charge is 2.39. The Kier molecular flexibility index (Phi) is 8.83. The van der Waals surface area contributed by atoms with Crippen molar-refractivity contribution < 1.29 is 28.6 Å². The van der Waals surface area contributed by atoms with Crippen LogP contribution in [0.1, 0.15) is 59.8 Å². The zero-order chi connectivity index (χ0) is 18.9. The van der Waals surface area contributed by atoms with Gasteiger partial charge < -0.3 is 19.0 Å². The summed E-state index contributed by atoms with van der Waals surface area (Å²) in [7, 11) is 0. The molecule has 0 N–H and O–H groups in total. The van der Waals surface area contributed by atoms with Gasteiger partial charge in [0.15, 0.2) is 0 Å². The third kappa shape index (κ3) is 7.82. The van der Waals surface area contributed by atoms with Gasteiger partial charge in [0.2, 0.25) is 0 Å². The van der Waals surface area contributed by atoms with E-state index in [0.717, 1.165) is 31.1 Å². The van der Waals surface area contributed by atoms with Crippen molar-refractivity contribution in [2.45, 2.75) is 71.5 Å². The third-order valence-electron chi connectivity index (χ3n) is 4.53. The van der Waals surface area contributed by atoms with Crippen molar-refractivity contribution >= 4 is 18.2 Å². The second kappa shape index (κ2) is 10.3. The molecule has 1 saturated heterocycles. The van der Waals surface area contributed by atoms with E-state index in [1.54, 1.807) is 0 Å². The van der Waals surface area contributed by atoms with Gasteiger partial charge in [0.1, 0.15) is 24.6 Å². The summed E-state index contributed by atoms with van der Waals surface area (Å²) in [5, 5.41) is 0. The van der Waals surface area contributed by atoms with Crippen molar-refractivity contribution in [1.29, 1.82) is 0 Å². The van der Waals surface area contributed by atoms with Gasteiger partial charge in [-0.1, -0.05) is 6.92 Å². The molecule has 25 heavy (non-hydrogen) atoms. The van der Waals surface area contributed by atoms with Gasteiger partial charge in [0, 0.05) is 19.8 Å².